The fraction of sp³-hybridized carbons (Fsp3) is 0.379. The first-order chi connectivity index (χ1) is 18.1. The second kappa shape index (κ2) is 8.53. The molecule has 2 aromatic rings. The average molecular weight is 579 g/mol. The lowest BCUT2D eigenvalue weighted by atomic mass is 9.51. The molecule has 4 amide bonds. The SMILES string of the molecule is COc1cc(C2C3=CCC4C(=O)N(C)C(=O)C4C3CC3C(=O)N(c4ccccc4)C(=O)C32C)cc(Br)c1O. The van der Waals surface area contributed by atoms with Crippen molar-refractivity contribution >= 4 is 45.2 Å². The first-order valence-corrected chi connectivity index (χ1v) is 13.4. The van der Waals surface area contributed by atoms with Crippen molar-refractivity contribution in [3.8, 4) is 11.5 Å². The number of benzene rings is 2. The highest BCUT2D eigenvalue weighted by atomic mass is 79.9. The topological polar surface area (TPSA) is 104 Å². The molecular weight excluding hydrogens is 552 g/mol. The van der Waals surface area contributed by atoms with E-state index < -0.39 is 29.1 Å². The highest BCUT2D eigenvalue weighted by Crippen LogP contribution is 2.64. The molecule has 3 fully saturated rings. The summed E-state index contributed by atoms with van der Waals surface area (Å²) in [5.74, 6) is -3.57. The summed E-state index contributed by atoms with van der Waals surface area (Å²) in [6.07, 6.45) is 2.69. The maximum Gasteiger partial charge on any atom is 0.241 e. The van der Waals surface area contributed by atoms with Crippen molar-refractivity contribution in [1.82, 2.24) is 4.90 Å². The van der Waals surface area contributed by atoms with Crippen molar-refractivity contribution in [3.63, 3.8) is 0 Å². The van der Waals surface area contributed by atoms with Crippen LogP contribution in [0.2, 0.25) is 0 Å². The molecule has 8 nitrogen and oxygen atoms in total. The van der Waals surface area contributed by atoms with Gasteiger partial charge in [-0.2, -0.15) is 0 Å². The summed E-state index contributed by atoms with van der Waals surface area (Å²) in [7, 11) is 2.96. The number of hydrogen-bond acceptors (Lipinski definition) is 6. The summed E-state index contributed by atoms with van der Waals surface area (Å²) >= 11 is 3.41. The molecule has 2 aliphatic heterocycles. The van der Waals surface area contributed by atoms with Crippen molar-refractivity contribution in [1.29, 1.82) is 0 Å². The fourth-order valence-electron chi connectivity index (χ4n) is 7.29. The van der Waals surface area contributed by atoms with Gasteiger partial charge in [0.25, 0.3) is 0 Å². The summed E-state index contributed by atoms with van der Waals surface area (Å²) < 4.78 is 5.82. The van der Waals surface area contributed by atoms with Gasteiger partial charge in [-0.3, -0.25) is 24.1 Å². The molecule has 0 spiro atoms. The zero-order valence-corrected chi connectivity index (χ0v) is 22.8. The molecule has 9 heteroatoms. The molecule has 2 aromatic carbocycles. The van der Waals surface area contributed by atoms with Crippen LogP contribution in [-0.4, -0.2) is 47.8 Å². The monoisotopic (exact) mass is 578 g/mol. The van der Waals surface area contributed by atoms with Gasteiger partial charge in [-0.1, -0.05) is 29.8 Å². The van der Waals surface area contributed by atoms with Crippen molar-refractivity contribution in [3.05, 3.63) is 64.1 Å². The molecule has 196 valence electrons. The second-order valence-corrected chi connectivity index (χ2v) is 11.6. The van der Waals surface area contributed by atoms with Gasteiger partial charge in [0.2, 0.25) is 23.6 Å². The van der Waals surface area contributed by atoms with Gasteiger partial charge in [0, 0.05) is 13.0 Å². The minimum Gasteiger partial charge on any atom is -0.503 e. The number of allylic oxidation sites excluding steroid dienone is 2. The van der Waals surface area contributed by atoms with Gasteiger partial charge in [-0.05, 0) is 71.4 Å². The zero-order valence-electron chi connectivity index (χ0n) is 21.2. The molecule has 6 rings (SSSR count). The predicted octanol–water partition coefficient (Wildman–Crippen LogP) is 4.02. The van der Waals surface area contributed by atoms with E-state index in [2.05, 4.69) is 15.9 Å². The van der Waals surface area contributed by atoms with Gasteiger partial charge in [-0.25, -0.2) is 4.90 Å². The number of phenolic OH excluding ortho intramolecular Hbond substituents is 1. The quantitative estimate of drug-likeness (QED) is 0.435. The van der Waals surface area contributed by atoms with E-state index in [1.165, 1.54) is 24.0 Å². The first-order valence-electron chi connectivity index (χ1n) is 12.6. The number of carbonyl (C=O) groups is 4. The summed E-state index contributed by atoms with van der Waals surface area (Å²) in [5, 5.41) is 10.5. The van der Waals surface area contributed by atoms with Crippen LogP contribution in [0.1, 0.15) is 31.2 Å². The van der Waals surface area contributed by atoms with E-state index in [1.54, 1.807) is 36.4 Å². The molecule has 1 saturated carbocycles. The van der Waals surface area contributed by atoms with Crippen molar-refractivity contribution in [2.75, 3.05) is 19.1 Å². The number of likely N-dealkylation sites (tertiary alicyclic amines) is 1. The van der Waals surface area contributed by atoms with Crippen LogP contribution in [0.25, 0.3) is 0 Å². The summed E-state index contributed by atoms with van der Waals surface area (Å²) in [5.41, 5.74) is 0.927. The summed E-state index contributed by atoms with van der Waals surface area (Å²) in [4.78, 5) is 57.0. The van der Waals surface area contributed by atoms with Crippen molar-refractivity contribution in [2.45, 2.75) is 25.7 Å². The van der Waals surface area contributed by atoms with Crippen LogP contribution in [-0.2, 0) is 19.2 Å². The Morgan fingerprint density at radius 3 is 2.42 bits per heavy atom. The number of halogens is 1. The lowest BCUT2D eigenvalue weighted by Gasteiger charge is -2.49. The highest BCUT2D eigenvalue weighted by Gasteiger charge is 2.67. The number of aromatic hydroxyl groups is 1. The van der Waals surface area contributed by atoms with Crippen LogP contribution in [0.3, 0.4) is 0 Å². The normalized spacial score (nSPS) is 32.2. The van der Waals surface area contributed by atoms with E-state index in [9.17, 15) is 24.3 Å². The van der Waals surface area contributed by atoms with E-state index in [0.717, 1.165) is 5.57 Å². The maximum atomic E-state index is 14.3. The van der Waals surface area contributed by atoms with Crippen molar-refractivity contribution in [2.24, 2.45) is 29.1 Å². The Morgan fingerprint density at radius 1 is 1.03 bits per heavy atom. The number of methoxy groups -OCH3 is 1. The van der Waals surface area contributed by atoms with Gasteiger partial charge in [0.1, 0.15) is 0 Å². The Labute approximate surface area is 228 Å². The average Bonchev–Trinajstić information content (AvgIpc) is 3.25. The fourth-order valence-corrected chi connectivity index (χ4v) is 7.75. The molecule has 2 aliphatic carbocycles. The van der Waals surface area contributed by atoms with Gasteiger partial charge in [0.15, 0.2) is 11.5 Å². The Balaban J connectivity index is 1.57. The number of ether oxygens (including phenoxy) is 1. The van der Waals surface area contributed by atoms with E-state index in [0.29, 0.717) is 28.6 Å². The van der Waals surface area contributed by atoms with Crippen LogP contribution in [0.15, 0.2) is 58.6 Å². The van der Waals surface area contributed by atoms with E-state index in [-0.39, 0.29) is 41.0 Å². The van der Waals surface area contributed by atoms with Gasteiger partial charge >= 0.3 is 0 Å². The number of fused-ring (bicyclic) bond motifs is 4. The second-order valence-electron chi connectivity index (χ2n) is 10.8. The molecule has 0 bridgehead atoms. The Kier molecular flexibility index (Phi) is 5.58. The van der Waals surface area contributed by atoms with Crippen LogP contribution in [0, 0.1) is 29.1 Å². The third-order valence-electron chi connectivity index (χ3n) is 9.11. The molecule has 38 heavy (non-hydrogen) atoms. The molecular formula is C29H27BrN2O6. The van der Waals surface area contributed by atoms with E-state index in [4.69, 9.17) is 4.74 Å². The molecule has 2 saturated heterocycles. The summed E-state index contributed by atoms with van der Waals surface area (Å²) in [6, 6.07) is 12.3. The minimum atomic E-state index is -1.15. The lowest BCUT2D eigenvalue weighted by Crippen LogP contribution is -2.48. The molecule has 2 heterocycles. The summed E-state index contributed by atoms with van der Waals surface area (Å²) in [6.45, 7) is 1.83. The number of rotatable bonds is 3. The molecule has 0 aromatic heterocycles. The third kappa shape index (κ3) is 3.14. The number of hydrogen-bond donors (Lipinski definition) is 1. The Morgan fingerprint density at radius 2 is 1.74 bits per heavy atom. The number of amides is 4. The smallest absolute Gasteiger partial charge is 0.241 e. The third-order valence-corrected chi connectivity index (χ3v) is 9.72. The molecule has 1 N–H and O–H groups in total. The number of nitrogens with zero attached hydrogens (tertiary/aromatic N) is 2. The number of para-hydroxylation sites is 1. The van der Waals surface area contributed by atoms with Crippen LogP contribution in [0.5, 0.6) is 11.5 Å². The number of phenols is 1. The zero-order chi connectivity index (χ0) is 27.1. The number of carbonyl (C=O) groups excluding carboxylic acids is 4. The Bertz CT molecular complexity index is 1440. The number of anilines is 1. The van der Waals surface area contributed by atoms with E-state index in [1.807, 2.05) is 19.1 Å². The molecule has 0 radical (unpaired) electrons. The number of imide groups is 2. The largest absolute Gasteiger partial charge is 0.503 e. The molecule has 4 aliphatic rings. The van der Waals surface area contributed by atoms with Gasteiger partial charge in [-0.15, -0.1) is 0 Å². The van der Waals surface area contributed by atoms with Crippen LogP contribution < -0.4 is 9.64 Å². The Hall–Kier alpha value is -3.46. The molecule has 6 unspecified atom stereocenters. The van der Waals surface area contributed by atoms with Crippen LogP contribution >= 0.6 is 15.9 Å². The predicted molar refractivity (Wildman–Crippen MR) is 141 cm³/mol. The van der Waals surface area contributed by atoms with Crippen LogP contribution in [0.4, 0.5) is 5.69 Å². The lowest BCUT2D eigenvalue weighted by molar-refractivity contribution is -0.138. The first kappa shape index (κ1) is 24.9. The highest BCUT2D eigenvalue weighted by molar-refractivity contribution is 9.10. The minimum absolute atomic E-state index is 0.0686. The van der Waals surface area contributed by atoms with Gasteiger partial charge in [0.05, 0.1) is 40.4 Å². The molecule has 6 atom stereocenters. The van der Waals surface area contributed by atoms with Gasteiger partial charge < -0.3 is 9.84 Å². The standard InChI is InChI=1S/C29H27BrN2O6/c1-29-19(26(35)32(28(29)37)15-7-5-4-6-8-15)13-18-16(9-10-17-22(18)27(36)31(2)25(17)34)23(29)14-11-20(30)24(33)21(12-14)38-3/h4-9,11-12,17-19,22-23,33H,10,13H2,1-3H3. The van der Waals surface area contributed by atoms with E-state index >= 15 is 0 Å². The van der Waals surface area contributed by atoms with Crippen molar-refractivity contribution < 1.29 is 29.0 Å². The maximum absolute atomic E-state index is 14.3.